The van der Waals surface area contributed by atoms with Gasteiger partial charge in [-0.15, -0.1) is 0 Å². The van der Waals surface area contributed by atoms with Gasteiger partial charge in [0.2, 0.25) is 0 Å². The van der Waals surface area contributed by atoms with Crippen LogP contribution in [0.25, 0.3) is 11.1 Å². The molecule has 2 spiro atoms. The Labute approximate surface area is 356 Å². The molecule has 0 bridgehead atoms. The monoisotopic (exact) mass is 838 g/mol. The van der Waals surface area contributed by atoms with E-state index in [1.165, 1.54) is 36.5 Å². The molecular weight excluding hydrogens is 776 g/mol. The number of thiocarbonyl (C=S) groups is 2. The molecule has 0 atom stereocenters. The zero-order chi connectivity index (χ0) is 42.2. The fraction of sp³-hybridized carbons (Fsp3) is 0.565. The zero-order valence-electron chi connectivity index (χ0n) is 35.6. The molecule has 2 aliphatic heterocycles. The molecule has 0 saturated heterocycles. The number of methoxy groups -OCH3 is 2. The molecule has 2 heterocycles. The van der Waals surface area contributed by atoms with Crippen molar-refractivity contribution >= 4 is 68.7 Å². The number of aryl methyl sites for hydroxylation is 6. The summed E-state index contributed by atoms with van der Waals surface area (Å²) in [6.45, 7) is 17.2. The van der Waals surface area contributed by atoms with E-state index in [9.17, 15) is 14.7 Å². The Hall–Kier alpha value is -3.47. The number of aliphatic hydroxyl groups excluding tert-OH is 1. The third-order valence-corrected chi connectivity index (χ3v) is 12.8. The molecule has 2 amide bonds. The third-order valence-electron chi connectivity index (χ3n) is 12.2. The Morgan fingerprint density at radius 2 is 1.05 bits per heavy atom. The lowest BCUT2D eigenvalue weighted by atomic mass is 9.76. The summed E-state index contributed by atoms with van der Waals surface area (Å²) >= 11 is 14.4. The molecule has 2 fully saturated rings. The van der Waals surface area contributed by atoms with Crippen molar-refractivity contribution < 1.29 is 28.9 Å². The number of nitrogens with one attached hydrogen (secondary N) is 2. The lowest BCUT2D eigenvalue weighted by Crippen LogP contribution is -2.47. The topological polar surface area (TPSA) is 106 Å². The Kier molecular flexibility index (Phi) is 16.2. The molecule has 2 aliphatic carbocycles. The van der Waals surface area contributed by atoms with Crippen LogP contribution >= 0.6 is 36.0 Å². The standard InChI is InChI=1S/C23H31NO3S.C21H29NO2.C2H3ClOS/c1-6-16-12-15(4)13-17(7-2)18(16)19-20(27-22(28)26-5)23(24-21(19)25)10-8-14(3)9-11-23;1-5-15-11-14(4)12-16(6-2)17(15)18-19(23)21(22-20(18)24)9-7-13(3)8-10-21;1-4-2(3)5/h12-14H,6-11H2,1-5H3,(H,24,25);11-13,23H,5-10H2,1-4H3,(H,22,24);1H3. The quantitative estimate of drug-likeness (QED) is 0.187. The molecule has 0 unspecified atom stereocenters. The molecule has 4 aliphatic rings. The summed E-state index contributed by atoms with van der Waals surface area (Å²) in [6.07, 6.45) is 11.0. The van der Waals surface area contributed by atoms with Crippen LogP contribution in [0.1, 0.15) is 137 Å². The highest BCUT2D eigenvalue weighted by Crippen LogP contribution is 2.47. The second-order valence-electron chi connectivity index (χ2n) is 16.2. The van der Waals surface area contributed by atoms with E-state index in [1.807, 2.05) is 0 Å². The second-order valence-corrected chi connectivity index (χ2v) is 17.5. The van der Waals surface area contributed by atoms with Crippen LogP contribution in [-0.2, 0) is 49.5 Å². The molecule has 2 saturated carbocycles. The molecule has 11 heteroatoms. The van der Waals surface area contributed by atoms with Crippen molar-refractivity contribution in [2.75, 3.05) is 14.2 Å². The van der Waals surface area contributed by atoms with E-state index in [2.05, 4.69) is 107 Å². The second kappa shape index (κ2) is 20.0. The van der Waals surface area contributed by atoms with E-state index in [4.69, 9.17) is 33.3 Å². The van der Waals surface area contributed by atoms with Crippen LogP contribution in [0.15, 0.2) is 35.8 Å². The van der Waals surface area contributed by atoms with E-state index >= 15 is 0 Å². The van der Waals surface area contributed by atoms with E-state index in [0.717, 1.165) is 99.3 Å². The van der Waals surface area contributed by atoms with Gasteiger partial charge < -0.3 is 30.0 Å². The average molecular weight is 840 g/mol. The summed E-state index contributed by atoms with van der Waals surface area (Å²) in [5, 5.41) is 17.6. The summed E-state index contributed by atoms with van der Waals surface area (Å²) in [5.74, 6) is 2.10. The number of ether oxygens (including phenoxy) is 3. The fourth-order valence-electron chi connectivity index (χ4n) is 8.96. The number of carbonyl (C=O) groups excluding carboxylic acids is 2. The number of benzene rings is 2. The Morgan fingerprint density at radius 1 is 0.702 bits per heavy atom. The number of aliphatic hydroxyl groups is 1. The SMILES string of the molecule is CCc1cc(C)cc(CC)c1C1=C(O)C2(CCC(C)CC2)NC1=O.CCc1cc(C)cc(CC)c1C1=C(OC(=S)OC)C2(CCC(C)CC2)NC1=O.COC(=S)Cl. The van der Waals surface area contributed by atoms with Crippen molar-refractivity contribution in [2.24, 2.45) is 11.8 Å². The number of amides is 2. The normalized spacial score (nSPS) is 24.0. The smallest absolute Gasteiger partial charge is 0.357 e. The van der Waals surface area contributed by atoms with E-state index < -0.39 is 11.1 Å². The van der Waals surface area contributed by atoms with Gasteiger partial charge >= 0.3 is 5.24 Å². The highest BCUT2D eigenvalue weighted by molar-refractivity contribution is 7.82. The molecule has 3 N–H and O–H groups in total. The molecule has 0 aromatic heterocycles. The van der Waals surface area contributed by atoms with Crippen LogP contribution in [-0.4, -0.2) is 52.0 Å². The average Bonchev–Trinajstić information content (AvgIpc) is 3.59. The summed E-state index contributed by atoms with van der Waals surface area (Å²) < 4.78 is 15.5. The lowest BCUT2D eigenvalue weighted by Gasteiger charge is -2.37. The van der Waals surface area contributed by atoms with Crippen molar-refractivity contribution in [2.45, 2.75) is 144 Å². The molecular formula is C46H63ClN2O6S2. The molecule has 8 nitrogen and oxygen atoms in total. The molecule has 2 aromatic rings. The third kappa shape index (κ3) is 10.2. The minimum atomic E-state index is -0.528. The van der Waals surface area contributed by atoms with Gasteiger partial charge in [0.05, 0.1) is 36.4 Å². The maximum atomic E-state index is 13.3. The van der Waals surface area contributed by atoms with Crippen LogP contribution in [0.5, 0.6) is 0 Å². The van der Waals surface area contributed by atoms with Gasteiger partial charge in [-0.3, -0.25) is 9.59 Å². The van der Waals surface area contributed by atoms with Crippen LogP contribution in [0.4, 0.5) is 0 Å². The van der Waals surface area contributed by atoms with Crippen molar-refractivity contribution in [3.8, 4) is 0 Å². The number of hydrogen-bond donors (Lipinski definition) is 3. The highest BCUT2D eigenvalue weighted by atomic mass is 35.5. The number of carbonyl (C=O) groups is 2. The summed E-state index contributed by atoms with van der Waals surface area (Å²) in [6, 6.07) is 8.65. The van der Waals surface area contributed by atoms with Crippen molar-refractivity contribution in [3.63, 3.8) is 0 Å². The minimum absolute atomic E-state index is 0.0586. The summed E-state index contributed by atoms with van der Waals surface area (Å²) in [4.78, 5) is 26.1. The van der Waals surface area contributed by atoms with Gasteiger partial charge in [0, 0.05) is 12.2 Å². The van der Waals surface area contributed by atoms with Gasteiger partial charge in [-0.2, -0.15) is 0 Å². The minimum Gasteiger partial charge on any atom is -0.509 e. The summed E-state index contributed by atoms with van der Waals surface area (Å²) in [5.41, 5.74) is 9.23. The van der Waals surface area contributed by atoms with E-state index in [0.29, 0.717) is 28.7 Å². The first-order valence-electron chi connectivity index (χ1n) is 20.6. The van der Waals surface area contributed by atoms with Crippen molar-refractivity contribution in [1.82, 2.24) is 10.6 Å². The lowest BCUT2D eigenvalue weighted by molar-refractivity contribution is -0.117. The molecule has 6 rings (SSSR count). The van der Waals surface area contributed by atoms with Gasteiger partial charge in [0.15, 0.2) is 0 Å². The molecule has 312 valence electrons. The predicted octanol–water partition coefficient (Wildman–Crippen LogP) is 10.5. The largest absolute Gasteiger partial charge is 0.509 e. The van der Waals surface area contributed by atoms with Gasteiger partial charge in [0.1, 0.15) is 11.5 Å². The molecule has 57 heavy (non-hydrogen) atoms. The number of hydrogen-bond acceptors (Lipinski definition) is 8. The van der Waals surface area contributed by atoms with Gasteiger partial charge in [-0.1, -0.05) is 76.9 Å². The first-order valence-corrected chi connectivity index (χ1v) is 21.8. The van der Waals surface area contributed by atoms with Crippen molar-refractivity contribution in [1.29, 1.82) is 0 Å². The van der Waals surface area contributed by atoms with Crippen molar-refractivity contribution in [3.05, 3.63) is 80.3 Å². The van der Waals surface area contributed by atoms with E-state index in [1.54, 1.807) is 0 Å². The fourth-order valence-corrected chi connectivity index (χ4v) is 9.05. The predicted molar refractivity (Wildman–Crippen MR) is 240 cm³/mol. The highest BCUT2D eigenvalue weighted by Gasteiger charge is 2.50. The Balaban J connectivity index is 0.000000228. The molecule has 2 aromatic carbocycles. The van der Waals surface area contributed by atoms with E-state index in [-0.39, 0.29) is 27.3 Å². The Morgan fingerprint density at radius 3 is 1.42 bits per heavy atom. The van der Waals surface area contributed by atoms with Gasteiger partial charge in [-0.05, 0) is 160 Å². The number of halogens is 1. The molecule has 0 radical (unpaired) electrons. The zero-order valence-corrected chi connectivity index (χ0v) is 38.0. The van der Waals surface area contributed by atoms with Crippen LogP contribution in [0.3, 0.4) is 0 Å². The maximum absolute atomic E-state index is 13.3. The van der Waals surface area contributed by atoms with Gasteiger partial charge in [-0.25, -0.2) is 0 Å². The van der Waals surface area contributed by atoms with Crippen LogP contribution in [0.2, 0.25) is 0 Å². The summed E-state index contributed by atoms with van der Waals surface area (Å²) in [7, 11) is 2.93. The first-order chi connectivity index (χ1) is 27.0. The van der Waals surface area contributed by atoms with Gasteiger partial charge in [0.25, 0.3) is 16.3 Å². The Bertz CT molecular complexity index is 1850. The first kappa shape index (κ1) is 46.2. The van der Waals surface area contributed by atoms with Crippen LogP contribution < -0.4 is 10.6 Å². The maximum Gasteiger partial charge on any atom is 0.357 e. The van der Waals surface area contributed by atoms with Crippen LogP contribution in [0, 0.1) is 25.7 Å². The number of rotatable bonds is 7.